The summed E-state index contributed by atoms with van der Waals surface area (Å²) >= 11 is 0. The van der Waals surface area contributed by atoms with Gasteiger partial charge in [0.05, 0.1) is 24.9 Å². The minimum Gasteiger partial charge on any atom is -0.455 e. The molecule has 0 saturated carbocycles. The minimum absolute atomic E-state index is 0.183. The number of nitrogens with zero attached hydrogens (tertiary/aromatic N) is 4. The summed E-state index contributed by atoms with van der Waals surface area (Å²) in [4.78, 5) is 31.5. The van der Waals surface area contributed by atoms with Crippen molar-refractivity contribution in [2.75, 3.05) is 19.7 Å². The molecular formula is C17H22N4O4. The summed E-state index contributed by atoms with van der Waals surface area (Å²) in [7, 11) is 0. The van der Waals surface area contributed by atoms with Gasteiger partial charge in [-0.25, -0.2) is 14.3 Å². The van der Waals surface area contributed by atoms with Crippen molar-refractivity contribution in [3.05, 3.63) is 36.7 Å². The van der Waals surface area contributed by atoms with E-state index in [4.69, 9.17) is 9.57 Å². The minimum atomic E-state index is -0.578. The van der Waals surface area contributed by atoms with Crippen molar-refractivity contribution in [2.24, 2.45) is 0 Å². The fraction of sp³-hybridized carbons (Fsp3) is 0.471. The van der Waals surface area contributed by atoms with E-state index in [1.54, 1.807) is 48.7 Å². The molecule has 3 rings (SSSR count). The lowest BCUT2D eigenvalue weighted by Crippen LogP contribution is -2.33. The maximum atomic E-state index is 12.3. The largest absolute Gasteiger partial charge is 0.455 e. The van der Waals surface area contributed by atoms with E-state index in [9.17, 15) is 9.59 Å². The van der Waals surface area contributed by atoms with Crippen LogP contribution in [-0.2, 0) is 9.57 Å². The Morgan fingerprint density at radius 2 is 2.24 bits per heavy atom. The molecule has 8 nitrogen and oxygen atoms in total. The Labute approximate surface area is 146 Å². The van der Waals surface area contributed by atoms with Crippen LogP contribution in [0.2, 0.25) is 0 Å². The lowest BCUT2D eigenvalue weighted by Gasteiger charge is -2.21. The molecule has 2 aliphatic heterocycles. The van der Waals surface area contributed by atoms with Gasteiger partial charge in [0.1, 0.15) is 5.60 Å². The molecule has 0 N–H and O–H groups in total. The number of amides is 2. The van der Waals surface area contributed by atoms with Crippen LogP contribution in [0.4, 0.5) is 4.79 Å². The number of carbonyl (C=O) groups excluding carboxylic acids is 2. The van der Waals surface area contributed by atoms with Crippen molar-refractivity contribution >= 4 is 17.7 Å². The van der Waals surface area contributed by atoms with Gasteiger partial charge in [0, 0.05) is 12.7 Å². The molecule has 1 aromatic rings. The number of fused-ring (bicyclic) bond motifs is 2. The number of urea groups is 1. The number of aromatic nitrogens is 2. The van der Waals surface area contributed by atoms with Crippen LogP contribution in [0.1, 0.15) is 31.3 Å². The highest BCUT2D eigenvalue weighted by atomic mass is 16.7. The second-order valence-corrected chi connectivity index (χ2v) is 6.95. The van der Waals surface area contributed by atoms with Crippen LogP contribution < -0.4 is 0 Å². The molecule has 2 amide bonds. The van der Waals surface area contributed by atoms with Crippen molar-refractivity contribution in [3.63, 3.8) is 0 Å². The van der Waals surface area contributed by atoms with Crippen LogP contribution in [0.3, 0.4) is 0 Å². The first kappa shape index (κ1) is 17.2. The average Bonchev–Trinajstić information content (AvgIpc) is 3.10. The molecule has 2 bridgehead atoms. The van der Waals surface area contributed by atoms with E-state index in [1.165, 1.54) is 5.06 Å². The van der Waals surface area contributed by atoms with Gasteiger partial charge in [-0.05, 0) is 32.9 Å². The SMILES string of the molecule is C=CCON1C(=O)N2CC(n3ccc(C(=O)OC(C)(C)C)n3)=CC1C2. The molecule has 0 radical (unpaired) electrons. The number of carbonyl (C=O) groups is 2. The zero-order chi connectivity index (χ0) is 18.2. The van der Waals surface area contributed by atoms with E-state index in [2.05, 4.69) is 11.7 Å². The second kappa shape index (κ2) is 6.36. The Hall–Kier alpha value is -2.61. The zero-order valence-corrected chi connectivity index (χ0v) is 14.6. The number of hydroxylamine groups is 2. The molecule has 1 fully saturated rings. The van der Waals surface area contributed by atoms with Crippen LogP contribution in [0.15, 0.2) is 31.0 Å². The highest BCUT2D eigenvalue weighted by molar-refractivity contribution is 5.87. The molecule has 1 atom stereocenters. The van der Waals surface area contributed by atoms with Crippen LogP contribution in [0.5, 0.6) is 0 Å². The van der Waals surface area contributed by atoms with Crippen molar-refractivity contribution in [2.45, 2.75) is 32.4 Å². The highest BCUT2D eigenvalue weighted by Crippen LogP contribution is 2.26. The van der Waals surface area contributed by atoms with Crippen molar-refractivity contribution < 1.29 is 19.2 Å². The van der Waals surface area contributed by atoms with Gasteiger partial charge in [0.2, 0.25) is 0 Å². The van der Waals surface area contributed by atoms with Crippen LogP contribution in [0.25, 0.3) is 5.70 Å². The maximum Gasteiger partial charge on any atom is 0.359 e. The lowest BCUT2D eigenvalue weighted by atomic mass is 10.2. The van der Waals surface area contributed by atoms with Crippen molar-refractivity contribution in [1.82, 2.24) is 19.7 Å². The molecular weight excluding hydrogens is 324 g/mol. The van der Waals surface area contributed by atoms with Gasteiger partial charge >= 0.3 is 12.0 Å². The molecule has 3 heterocycles. The van der Waals surface area contributed by atoms with Gasteiger partial charge in [0.25, 0.3) is 0 Å². The van der Waals surface area contributed by atoms with Crippen LogP contribution in [-0.4, -0.2) is 63.1 Å². The Balaban J connectivity index is 1.76. The third-order valence-electron chi connectivity index (χ3n) is 3.73. The third kappa shape index (κ3) is 3.58. The molecule has 2 aliphatic rings. The Kier molecular flexibility index (Phi) is 4.38. The van der Waals surface area contributed by atoms with Crippen molar-refractivity contribution in [1.29, 1.82) is 0 Å². The fourth-order valence-electron chi connectivity index (χ4n) is 2.74. The third-order valence-corrected chi connectivity index (χ3v) is 3.73. The van der Waals surface area contributed by atoms with E-state index < -0.39 is 11.6 Å². The lowest BCUT2D eigenvalue weighted by molar-refractivity contribution is -0.107. The van der Waals surface area contributed by atoms with Gasteiger partial charge in [-0.15, -0.1) is 6.58 Å². The second-order valence-electron chi connectivity index (χ2n) is 6.95. The monoisotopic (exact) mass is 346 g/mol. The van der Waals surface area contributed by atoms with Gasteiger partial charge in [-0.3, -0.25) is 4.84 Å². The molecule has 25 heavy (non-hydrogen) atoms. The van der Waals surface area contributed by atoms with Gasteiger partial charge in [-0.2, -0.15) is 10.2 Å². The van der Waals surface area contributed by atoms with E-state index in [-0.39, 0.29) is 24.4 Å². The Morgan fingerprint density at radius 3 is 2.92 bits per heavy atom. The summed E-state index contributed by atoms with van der Waals surface area (Å²) in [6.45, 7) is 10.2. The summed E-state index contributed by atoms with van der Waals surface area (Å²) in [5, 5.41) is 5.64. The van der Waals surface area contributed by atoms with Gasteiger partial charge < -0.3 is 9.64 Å². The molecule has 1 saturated heterocycles. The predicted molar refractivity (Wildman–Crippen MR) is 90.4 cm³/mol. The van der Waals surface area contributed by atoms with E-state index in [0.717, 1.165) is 5.70 Å². The summed E-state index contributed by atoms with van der Waals surface area (Å²) < 4.78 is 6.92. The standard InChI is InChI=1S/C17H22N4O4/c1-5-8-24-21-13-9-12(10-19(11-13)16(21)23)20-7-6-14(18-20)15(22)25-17(2,3)4/h5-7,9,13H,1,8,10-11H2,2-4H3. The number of hydrogen-bond donors (Lipinski definition) is 0. The molecule has 8 heteroatoms. The van der Waals surface area contributed by atoms with E-state index in [0.29, 0.717) is 13.1 Å². The summed E-state index contributed by atoms with van der Waals surface area (Å²) in [6, 6.07) is 1.23. The van der Waals surface area contributed by atoms with Crippen LogP contribution in [0, 0.1) is 0 Å². The van der Waals surface area contributed by atoms with E-state index >= 15 is 0 Å². The molecule has 1 unspecified atom stereocenters. The highest BCUT2D eigenvalue weighted by Gasteiger charge is 2.41. The first-order valence-corrected chi connectivity index (χ1v) is 8.10. The molecule has 0 spiro atoms. The molecule has 0 aliphatic carbocycles. The molecule has 0 aromatic carbocycles. The Bertz CT molecular complexity index is 731. The Morgan fingerprint density at radius 1 is 1.48 bits per heavy atom. The topological polar surface area (TPSA) is 76.9 Å². The van der Waals surface area contributed by atoms with E-state index in [1.807, 2.05) is 6.08 Å². The van der Waals surface area contributed by atoms with Crippen molar-refractivity contribution in [3.8, 4) is 0 Å². The quantitative estimate of drug-likeness (QED) is 0.601. The number of esters is 1. The summed E-state index contributed by atoms with van der Waals surface area (Å²) in [5.41, 5.74) is 0.463. The first-order chi connectivity index (χ1) is 11.8. The van der Waals surface area contributed by atoms with Crippen LogP contribution >= 0.6 is 0 Å². The molecule has 1 aromatic heterocycles. The maximum absolute atomic E-state index is 12.3. The number of ether oxygens (including phenoxy) is 1. The smallest absolute Gasteiger partial charge is 0.359 e. The van der Waals surface area contributed by atoms with Gasteiger partial charge in [-0.1, -0.05) is 6.08 Å². The first-order valence-electron chi connectivity index (χ1n) is 8.10. The van der Waals surface area contributed by atoms with Gasteiger partial charge in [0.15, 0.2) is 5.69 Å². The number of rotatable bonds is 5. The average molecular weight is 346 g/mol. The summed E-state index contributed by atoms with van der Waals surface area (Å²) in [5.74, 6) is -0.474. The number of hydrogen-bond acceptors (Lipinski definition) is 5. The predicted octanol–water partition coefficient (Wildman–Crippen LogP) is 1.92. The fourth-order valence-corrected chi connectivity index (χ4v) is 2.74. The molecule has 134 valence electrons. The summed E-state index contributed by atoms with van der Waals surface area (Å²) in [6.07, 6.45) is 5.21. The normalized spacial score (nSPS) is 19.9. The zero-order valence-electron chi connectivity index (χ0n) is 14.6.